The topological polar surface area (TPSA) is 118 Å². The Morgan fingerprint density at radius 1 is 0.971 bits per heavy atom. The fourth-order valence-corrected chi connectivity index (χ4v) is 4.31. The molecule has 0 radical (unpaired) electrons. The van der Waals surface area contributed by atoms with Gasteiger partial charge in [0.1, 0.15) is 18.3 Å². The van der Waals surface area contributed by atoms with Crippen molar-refractivity contribution in [1.82, 2.24) is 10.3 Å². The zero-order valence-electron chi connectivity index (χ0n) is 19.5. The molecule has 1 unspecified atom stereocenters. The number of anilines is 1. The van der Waals surface area contributed by atoms with Crippen LogP contribution in [0.25, 0.3) is 11.1 Å². The van der Waals surface area contributed by atoms with Crippen LogP contribution in [0.2, 0.25) is 0 Å². The van der Waals surface area contributed by atoms with Crippen LogP contribution < -0.4 is 10.6 Å². The number of aromatic nitrogens is 1. The molecule has 0 bridgehead atoms. The number of carboxylic acids is 1. The molecule has 3 N–H and O–H groups in total. The fourth-order valence-electron chi connectivity index (χ4n) is 4.31. The van der Waals surface area contributed by atoms with Crippen molar-refractivity contribution in [3.63, 3.8) is 0 Å². The van der Waals surface area contributed by atoms with Crippen LogP contribution >= 0.6 is 0 Å². The summed E-state index contributed by atoms with van der Waals surface area (Å²) in [6.45, 7) is 4.04. The van der Waals surface area contributed by atoms with Gasteiger partial charge < -0.3 is 20.5 Å². The number of aromatic carboxylic acids is 1. The van der Waals surface area contributed by atoms with Crippen molar-refractivity contribution in [3.8, 4) is 11.1 Å². The number of rotatable bonds is 8. The van der Waals surface area contributed by atoms with Gasteiger partial charge >= 0.3 is 12.1 Å². The predicted molar refractivity (Wildman–Crippen MR) is 131 cm³/mol. The molecule has 3 aromatic rings. The Morgan fingerprint density at radius 2 is 1.60 bits per heavy atom. The Morgan fingerprint density at radius 3 is 2.14 bits per heavy atom. The minimum atomic E-state index is -1.16. The summed E-state index contributed by atoms with van der Waals surface area (Å²) in [6, 6.07) is 18.1. The lowest BCUT2D eigenvalue weighted by atomic mass is 9.98. The number of benzene rings is 2. The maximum absolute atomic E-state index is 12.9. The fraction of sp³-hybridized carbons (Fsp3) is 0.259. The minimum absolute atomic E-state index is 0.0793. The average Bonchev–Trinajstić information content (AvgIpc) is 3.16. The normalized spacial score (nSPS) is 13.0. The van der Waals surface area contributed by atoms with Crippen molar-refractivity contribution in [2.45, 2.75) is 32.2 Å². The molecule has 4 rings (SSSR count). The van der Waals surface area contributed by atoms with Crippen LogP contribution in [0, 0.1) is 5.92 Å². The third kappa shape index (κ3) is 5.48. The number of hydrogen-bond acceptors (Lipinski definition) is 5. The lowest BCUT2D eigenvalue weighted by Gasteiger charge is -2.21. The van der Waals surface area contributed by atoms with Gasteiger partial charge in [0.05, 0.1) is 11.9 Å². The van der Waals surface area contributed by atoms with E-state index in [4.69, 9.17) is 9.84 Å². The van der Waals surface area contributed by atoms with Gasteiger partial charge in [0.15, 0.2) is 0 Å². The Bertz CT molecular complexity index is 1190. The summed E-state index contributed by atoms with van der Waals surface area (Å²) in [5.74, 6) is -1.54. The van der Waals surface area contributed by atoms with Crippen LogP contribution in [-0.2, 0) is 9.53 Å². The minimum Gasteiger partial charge on any atom is -0.477 e. The molecule has 8 nitrogen and oxygen atoms in total. The Kier molecular flexibility index (Phi) is 7.10. The Balaban J connectivity index is 1.41. The molecule has 8 heteroatoms. The van der Waals surface area contributed by atoms with E-state index in [1.165, 1.54) is 18.3 Å². The molecule has 1 heterocycles. The lowest BCUT2D eigenvalue weighted by Crippen LogP contribution is -2.45. The highest BCUT2D eigenvalue weighted by molar-refractivity contribution is 5.96. The maximum atomic E-state index is 12.9. The quantitative estimate of drug-likeness (QED) is 0.438. The van der Waals surface area contributed by atoms with Gasteiger partial charge in [-0.05, 0) is 46.7 Å². The molecular formula is C27H27N3O5. The van der Waals surface area contributed by atoms with Gasteiger partial charge in [0.2, 0.25) is 5.91 Å². The molecular weight excluding hydrogens is 446 g/mol. The molecule has 1 aromatic heterocycles. The van der Waals surface area contributed by atoms with E-state index in [-0.39, 0.29) is 24.1 Å². The summed E-state index contributed by atoms with van der Waals surface area (Å²) in [5.41, 5.74) is 4.69. The second-order valence-electron chi connectivity index (χ2n) is 8.88. The summed E-state index contributed by atoms with van der Waals surface area (Å²) < 4.78 is 5.59. The average molecular weight is 474 g/mol. The highest BCUT2D eigenvalue weighted by atomic mass is 16.5. The summed E-state index contributed by atoms with van der Waals surface area (Å²) in [5, 5.41) is 14.3. The number of ether oxygens (including phenoxy) is 1. The van der Waals surface area contributed by atoms with Gasteiger partial charge in [-0.25, -0.2) is 14.6 Å². The zero-order chi connectivity index (χ0) is 24.9. The highest BCUT2D eigenvalue weighted by Crippen LogP contribution is 2.44. The molecule has 0 saturated heterocycles. The number of carbonyl (C=O) groups excluding carboxylic acids is 2. The van der Waals surface area contributed by atoms with Crippen LogP contribution in [0.15, 0.2) is 66.9 Å². The first-order valence-corrected chi connectivity index (χ1v) is 11.4. The van der Waals surface area contributed by atoms with E-state index in [9.17, 15) is 14.4 Å². The number of carboxylic acid groups (broad SMARTS) is 1. The first-order valence-electron chi connectivity index (χ1n) is 11.4. The first kappa shape index (κ1) is 23.9. The molecule has 2 amide bonds. The van der Waals surface area contributed by atoms with Crippen molar-refractivity contribution in [3.05, 3.63) is 83.7 Å². The number of nitrogens with zero attached hydrogens (tertiary/aromatic N) is 1. The molecule has 0 spiro atoms. The van der Waals surface area contributed by atoms with Crippen LogP contribution in [-0.4, -0.2) is 40.7 Å². The van der Waals surface area contributed by atoms with Gasteiger partial charge in [0.25, 0.3) is 0 Å². The lowest BCUT2D eigenvalue weighted by molar-refractivity contribution is -0.118. The van der Waals surface area contributed by atoms with Crippen LogP contribution in [0.3, 0.4) is 0 Å². The van der Waals surface area contributed by atoms with Crippen LogP contribution in [0.4, 0.5) is 10.5 Å². The molecule has 0 saturated carbocycles. The Hall–Kier alpha value is -4.20. The van der Waals surface area contributed by atoms with E-state index in [0.29, 0.717) is 12.1 Å². The number of hydrogen-bond donors (Lipinski definition) is 3. The number of nitrogens with one attached hydrogen (secondary N) is 2. The van der Waals surface area contributed by atoms with Crippen molar-refractivity contribution in [2.75, 3.05) is 11.9 Å². The maximum Gasteiger partial charge on any atom is 0.407 e. The highest BCUT2D eigenvalue weighted by Gasteiger charge is 2.30. The second kappa shape index (κ2) is 10.4. The van der Waals surface area contributed by atoms with Crippen LogP contribution in [0.5, 0.6) is 0 Å². The molecule has 1 aliphatic rings. The third-order valence-electron chi connectivity index (χ3n) is 5.91. The largest absolute Gasteiger partial charge is 0.477 e. The van der Waals surface area contributed by atoms with Gasteiger partial charge in [-0.1, -0.05) is 62.4 Å². The van der Waals surface area contributed by atoms with Crippen molar-refractivity contribution in [1.29, 1.82) is 0 Å². The summed E-state index contributed by atoms with van der Waals surface area (Å²) in [6.07, 6.45) is 0.990. The molecule has 0 fully saturated rings. The van der Waals surface area contributed by atoms with E-state index >= 15 is 0 Å². The Labute approximate surface area is 203 Å². The van der Waals surface area contributed by atoms with Crippen LogP contribution in [0.1, 0.15) is 47.8 Å². The second-order valence-corrected chi connectivity index (χ2v) is 8.88. The van der Waals surface area contributed by atoms with Gasteiger partial charge in [-0.3, -0.25) is 4.79 Å². The van der Waals surface area contributed by atoms with Gasteiger partial charge in [0, 0.05) is 5.92 Å². The standard InChI is InChI=1S/C27H27N3O5/c1-16(2)13-24(25(31)29-17-11-12-23(26(32)33)28-14-17)30-27(34)35-15-22-20-9-5-3-7-18(20)19-8-4-6-10-21(19)22/h3-12,14,16,22,24H,13,15H2,1-2H3,(H,29,31)(H,30,34)(H,32,33). The molecule has 180 valence electrons. The third-order valence-corrected chi connectivity index (χ3v) is 5.91. The van der Waals surface area contributed by atoms with E-state index < -0.39 is 24.0 Å². The smallest absolute Gasteiger partial charge is 0.407 e. The molecule has 1 aliphatic carbocycles. The summed E-state index contributed by atoms with van der Waals surface area (Å²) >= 11 is 0. The molecule has 1 atom stereocenters. The first-order chi connectivity index (χ1) is 16.8. The van der Waals surface area contributed by atoms with Crippen molar-refractivity contribution < 1.29 is 24.2 Å². The molecule has 2 aromatic carbocycles. The molecule has 35 heavy (non-hydrogen) atoms. The summed E-state index contributed by atoms with van der Waals surface area (Å²) in [4.78, 5) is 40.3. The van der Waals surface area contributed by atoms with Gasteiger partial charge in [-0.2, -0.15) is 0 Å². The monoisotopic (exact) mass is 473 g/mol. The SMILES string of the molecule is CC(C)CC(NC(=O)OCC1c2ccccc2-c2ccccc21)C(=O)Nc1ccc(C(=O)O)nc1. The van der Waals surface area contributed by atoms with E-state index in [1.54, 1.807) is 0 Å². The number of fused-ring (bicyclic) bond motifs is 3. The number of amides is 2. The molecule has 0 aliphatic heterocycles. The van der Waals surface area contributed by atoms with Crippen molar-refractivity contribution in [2.24, 2.45) is 5.92 Å². The van der Waals surface area contributed by atoms with E-state index in [0.717, 1.165) is 22.3 Å². The number of pyridine rings is 1. The van der Waals surface area contributed by atoms with E-state index in [2.05, 4.69) is 27.8 Å². The summed E-state index contributed by atoms with van der Waals surface area (Å²) in [7, 11) is 0. The zero-order valence-corrected chi connectivity index (χ0v) is 19.5. The predicted octanol–water partition coefficient (Wildman–Crippen LogP) is 4.67. The number of alkyl carbamates (subject to hydrolysis) is 1. The number of carbonyl (C=O) groups is 3. The van der Waals surface area contributed by atoms with E-state index in [1.807, 2.05) is 50.2 Å². The van der Waals surface area contributed by atoms with Crippen molar-refractivity contribution >= 4 is 23.7 Å². The van der Waals surface area contributed by atoms with Gasteiger partial charge in [-0.15, -0.1) is 0 Å².